The van der Waals surface area contributed by atoms with Gasteiger partial charge in [-0.1, -0.05) is 0 Å². The SMILES string of the molecule is COc1cc(Br)c(C=O)cc1OC(F)F. The maximum Gasteiger partial charge on any atom is 0.387 e. The summed E-state index contributed by atoms with van der Waals surface area (Å²) < 4.78 is 33.5. The normalized spacial score (nSPS) is 10.2. The molecule has 0 spiro atoms. The first-order chi connectivity index (χ1) is 7.08. The zero-order valence-electron chi connectivity index (χ0n) is 7.67. The van der Waals surface area contributed by atoms with E-state index < -0.39 is 6.61 Å². The average Bonchev–Trinajstić information content (AvgIpc) is 2.19. The first-order valence-electron chi connectivity index (χ1n) is 3.86. The predicted molar refractivity (Wildman–Crippen MR) is 52.7 cm³/mol. The molecule has 0 unspecified atom stereocenters. The fourth-order valence-electron chi connectivity index (χ4n) is 0.989. The Morgan fingerprint density at radius 2 is 2.07 bits per heavy atom. The highest BCUT2D eigenvalue weighted by atomic mass is 79.9. The van der Waals surface area contributed by atoms with Crippen LogP contribution in [0.4, 0.5) is 8.78 Å². The molecule has 0 radical (unpaired) electrons. The highest BCUT2D eigenvalue weighted by molar-refractivity contribution is 9.10. The van der Waals surface area contributed by atoms with Crippen molar-refractivity contribution in [1.29, 1.82) is 0 Å². The lowest BCUT2D eigenvalue weighted by Gasteiger charge is -2.10. The summed E-state index contributed by atoms with van der Waals surface area (Å²) in [5.74, 6) is -0.0365. The molecule has 0 bridgehead atoms. The van der Waals surface area contributed by atoms with E-state index in [2.05, 4.69) is 20.7 Å². The first-order valence-corrected chi connectivity index (χ1v) is 4.65. The third kappa shape index (κ3) is 2.89. The van der Waals surface area contributed by atoms with Gasteiger partial charge in [-0.15, -0.1) is 0 Å². The zero-order chi connectivity index (χ0) is 11.4. The molecule has 0 N–H and O–H groups in total. The predicted octanol–water partition coefficient (Wildman–Crippen LogP) is 2.87. The quantitative estimate of drug-likeness (QED) is 0.796. The van der Waals surface area contributed by atoms with E-state index in [0.29, 0.717) is 10.8 Å². The number of benzene rings is 1. The number of methoxy groups -OCH3 is 1. The van der Waals surface area contributed by atoms with Gasteiger partial charge in [0, 0.05) is 10.0 Å². The molecule has 82 valence electrons. The molecule has 0 amide bonds. The molecule has 6 heteroatoms. The van der Waals surface area contributed by atoms with E-state index in [1.54, 1.807) is 0 Å². The van der Waals surface area contributed by atoms with E-state index in [1.165, 1.54) is 19.2 Å². The lowest BCUT2D eigenvalue weighted by Crippen LogP contribution is -2.04. The van der Waals surface area contributed by atoms with Gasteiger partial charge < -0.3 is 9.47 Å². The maximum absolute atomic E-state index is 12.0. The van der Waals surface area contributed by atoms with Crippen molar-refractivity contribution in [2.75, 3.05) is 7.11 Å². The first kappa shape index (κ1) is 11.9. The van der Waals surface area contributed by atoms with Crippen LogP contribution in [0, 0.1) is 0 Å². The standard InChI is InChI=1S/C9H7BrF2O3/c1-14-7-3-6(10)5(4-13)2-8(7)15-9(11)12/h2-4,9H,1H3. The second kappa shape index (κ2) is 5.06. The molecule has 0 saturated carbocycles. The van der Waals surface area contributed by atoms with Gasteiger partial charge in [0.15, 0.2) is 17.8 Å². The van der Waals surface area contributed by atoms with E-state index >= 15 is 0 Å². The number of rotatable bonds is 4. The largest absolute Gasteiger partial charge is 0.493 e. The van der Waals surface area contributed by atoms with E-state index in [0.717, 1.165) is 0 Å². The molecule has 0 aliphatic carbocycles. The highest BCUT2D eigenvalue weighted by Crippen LogP contribution is 2.33. The Morgan fingerprint density at radius 1 is 1.40 bits per heavy atom. The fraction of sp³-hybridized carbons (Fsp3) is 0.222. The monoisotopic (exact) mass is 280 g/mol. The van der Waals surface area contributed by atoms with Crippen LogP contribution in [-0.2, 0) is 0 Å². The van der Waals surface area contributed by atoms with Crippen LogP contribution in [0.15, 0.2) is 16.6 Å². The Morgan fingerprint density at radius 3 is 2.53 bits per heavy atom. The summed E-state index contributed by atoms with van der Waals surface area (Å²) in [6.07, 6.45) is 0.530. The Hall–Kier alpha value is -1.17. The Balaban J connectivity index is 3.16. The lowest BCUT2D eigenvalue weighted by atomic mass is 10.2. The van der Waals surface area contributed by atoms with Gasteiger partial charge in [-0.25, -0.2) is 0 Å². The van der Waals surface area contributed by atoms with Crippen molar-refractivity contribution >= 4 is 22.2 Å². The van der Waals surface area contributed by atoms with Crippen molar-refractivity contribution in [2.45, 2.75) is 6.61 Å². The van der Waals surface area contributed by atoms with Crippen LogP contribution in [0.1, 0.15) is 10.4 Å². The summed E-state index contributed by atoms with van der Waals surface area (Å²) in [6, 6.07) is 2.57. The van der Waals surface area contributed by atoms with Crippen molar-refractivity contribution in [3.8, 4) is 11.5 Å². The molecule has 3 nitrogen and oxygen atoms in total. The summed E-state index contributed by atoms with van der Waals surface area (Å²) in [5, 5.41) is 0. The molecule has 0 atom stereocenters. The molecule has 0 aliphatic rings. The van der Waals surface area contributed by atoms with Crippen LogP contribution in [-0.4, -0.2) is 20.0 Å². The molecular formula is C9H7BrF2O3. The molecule has 0 saturated heterocycles. The number of hydrogen-bond acceptors (Lipinski definition) is 3. The molecule has 15 heavy (non-hydrogen) atoms. The van der Waals surface area contributed by atoms with Gasteiger partial charge in [0.1, 0.15) is 0 Å². The van der Waals surface area contributed by atoms with E-state index in [1.807, 2.05) is 0 Å². The van der Waals surface area contributed by atoms with Gasteiger partial charge in [0.05, 0.1) is 7.11 Å². The van der Waals surface area contributed by atoms with E-state index in [-0.39, 0.29) is 17.1 Å². The summed E-state index contributed by atoms with van der Waals surface area (Å²) in [6.45, 7) is -2.96. The second-order valence-electron chi connectivity index (χ2n) is 2.52. The minimum atomic E-state index is -2.96. The van der Waals surface area contributed by atoms with Gasteiger partial charge in [-0.2, -0.15) is 8.78 Å². The smallest absolute Gasteiger partial charge is 0.387 e. The number of alkyl halides is 2. The summed E-state index contributed by atoms with van der Waals surface area (Å²) in [7, 11) is 1.32. The number of carbonyl (C=O) groups is 1. The number of aldehydes is 1. The molecular weight excluding hydrogens is 274 g/mol. The average molecular weight is 281 g/mol. The molecule has 0 aromatic heterocycles. The van der Waals surface area contributed by atoms with Gasteiger partial charge in [-0.3, -0.25) is 4.79 Å². The fourth-order valence-corrected chi connectivity index (χ4v) is 1.40. The van der Waals surface area contributed by atoms with Gasteiger partial charge in [0.2, 0.25) is 0 Å². The van der Waals surface area contributed by atoms with Crippen LogP contribution < -0.4 is 9.47 Å². The molecule has 1 rings (SSSR count). The Kier molecular flexibility index (Phi) is 4.02. The van der Waals surface area contributed by atoms with Crippen molar-refractivity contribution in [1.82, 2.24) is 0 Å². The molecule has 1 aromatic carbocycles. The number of halogens is 3. The van der Waals surface area contributed by atoms with Crippen LogP contribution in [0.2, 0.25) is 0 Å². The van der Waals surface area contributed by atoms with Crippen LogP contribution in [0.5, 0.6) is 11.5 Å². The third-order valence-electron chi connectivity index (χ3n) is 1.63. The lowest BCUT2D eigenvalue weighted by molar-refractivity contribution is -0.0512. The van der Waals surface area contributed by atoms with Crippen LogP contribution in [0.25, 0.3) is 0 Å². The Labute approximate surface area is 93.1 Å². The van der Waals surface area contributed by atoms with Gasteiger partial charge >= 0.3 is 6.61 Å². The van der Waals surface area contributed by atoms with Crippen molar-refractivity contribution < 1.29 is 23.0 Å². The molecule has 1 aromatic rings. The Bertz CT molecular complexity index is 369. The van der Waals surface area contributed by atoms with Gasteiger partial charge in [0.25, 0.3) is 0 Å². The molecule has 0 fully saturated rings. The van der Waals surface area contributed by atoms with Gasteiger partial charge in [-0.05, 0) is 28.1 Å². The molecule has 0 heterocycles. The molecule has 0 aliphatic heterocycles. The number of hydrogen-bond donors (Lipinski definition) is 0. The topological polar surface area (TPSA) is 35.5 Å². The van der Waals surface area contributed by atoms with Crippen molar-refractivity contribution in [3.05, 3.63) is 22.2 Å². The maximum atomic E-state index is 12.0. The second-order valence-corrected chi connectivity index (χ2v) is 3.38. The number of ether oxygens (including phenoxy) is 2. The highest BCUT2D eigenvalue weighted by Gasteiger charge is 2.13. The zero-order valence-corrected chi connectivity index (χ0v) is 9.25. The minimum absolute atomic E-state index is 0.132. The summed E-state index contributed by atoms with van der Waals surface area (Å²) >= 11 is 3.09. The summed E-state index contributed by atoms with van der Waals surface area (Å²) in [4.78, 5) is 10.6. The van der Waals surface area contributed by atoms with Crippen LogP contribution >= 0.6 is 15.9 Å². The van der Waals surface area contributed by atoms with Crippen molar-refractivity contribution in [2.24, 2.45) is 0 Å². The van der Waals surface area contributed by atoms with E-state index in [9.17, 15) is 13.6 Å². The van der Waals surface area contributed by atoms with Crippen molar-refractivity contribution in [3.63, 3.8) is 0 Å². The van der Waals surface area contributed by atoms with Crippen LogP contribution in [0.3, 0.4) is 0 Å². The minimum Gasteiger partial charge on any atom is -0.493 e. The summed E-state index contributed by atoms with van der Waals surface area (Å²) in [5.41, 5.74) is 0.214. The van der Waals surface area contributed by atoms with E-state index in [4.69, 9.17) is 4.74 Å². The third-order valence-corrected chi connectivity index (χ3v) is 2.31. The number of carbonyl (C=O) groups excluding carboxylic acids is 1.